The number of aliphatic hydroxyl groups is 1. The van der Waals surface area contributed by atoms with Gasteiger partial charge in [-0.25, -0.2) is 0 Å². The molecule has 2 aliphatic rings. The van der Waals surface area contributed by atoms with Crippen molar-refractivity contribution in [1.82, 2.24) is 4.90 Å². The van der Waals surface area contributed by atoms with E-state index in [1.165, 1.54) is 45.2 Å². The Morgan fingerprint density at radius 2 is 1.89 bits per heavy atom. The quantitative estimate of drug-likeness (QED) is 0.845. The van der Waals surface area contributed by atoms with Crippen LogP contribution in [-0.4, -0.2) is 35.7 Å². The van der Waals surface area contributed by atoms with Crippen molar-refractivity contribution in [2.24, 2.45) is 23.7 Å². The zero-order chi connectivity index (χ0) is 13.8. The largest absolute Gasteiger partial charge is 0.393 e. The van der Waals surface area contributed by atoms with E-state index in [0.717, 1.165) is 30.7 Å². The van der Waals surface area contributed by atoms with Crippen molar-refractivity contribution in [1.29, 1.82) is 0 Å². The summed E-state index contributed by atoms with van der Waals surface area (Å²) in [6.07, 6.45) is 7.53. The molecule has 2 fully saturated rings. The van der Waals surface area contributed by atoms with Crippen LogP contribution in [0.3, 0.4) is 0 Å². The summed E-state index contributed by atoms with van der Waals surface area (Å²) in [6.45, 7) is 10.7. The first kappa shape index (κ1) is 15.3. The van der Waals surface area contributed by atoms with E-state index in [-0.39, 0.29) is 6.10 Å². The fourth-order valence-corrected chi connectivity index (χ4v) is 3.92. The van der Waals surface area contributed by atoms with Gasteiger partial charge in [-0.15, -0.1) is 0 Å². The molecule has 1 heterocycles. The van der Waals surface area contributed by atoms with Crippen LogP contribution >= 0.6 is 0 Å². The first-order valence-electron chi connectivity index (χ1n) is 8.46. The average molecular weight is 267 g/mol. The van der Waals surface area contributed by atoms with Crippen molar-refractivity contribution in [2.45, 2.75) is 65.4 Å². The first-order valence-corrected chi connectivity index (χ1v) is 8.46. The van der Waals surface area contributed by atoms with Crippen LogP contribution in [0.2, 0.25) is 0 Å². The monoisotopic (exact) mass is 267 g/mol. The van der Waals surface area contributed by atoms with Crippen LogP contribution in [0.25, 0.3) is 0 Å². The Bertz CT molecular complexity index is 266. The minimum atomic E-state index is -0.0457. The molecule has 4 atom stereocenters. The summed E-state index contributed by atoms with van der Waals surface area (Å²) in [7, 11) is 0. The lowest BCUT2D eigenvalue weighted by atomic mass is 9.74. The Morgan fingerprint density at radius 3 is 2.63 bits per heavy atom. The van der Waals surface area contributed by atoms with Crippen molar-refractivity contribution in [3.8, 4) is 0 Å². The molecule has 0 spiro atoms. The lowest BCUT2D eigenvalue weighted by Crippen LogP contribution is -2.40. The van der Waals surface area contributed by atoms with Gasteiger partial charge in [-0.05, 0) is 75.3 Å². The van der Waals surface area contributed by atoms with Crippen molar-refractivity contribution in [2.75, 3.05) is 19.6 Å². The molecule has 1 saturated carbocycles. The Hall–Kier alpha value is -0.0800. The highest BCUT2D eigenvalue weighted by Gasteiger charge is 2.31. The molecule has 0 amide bonds. The smallest absolute Gasteiger partial charge is 0.0580 e. The molecule has 1 aliphatic carbocycles. The van der Waals surface area contributed by atoms with Gasteiger partial charge in [0.05, 0.1) is 6.10 Å². The van der Waals surface area contributed by atoms with E-state index in [2.05, 4.69) is 25.7 Å². The van der Waals surface area contributed by atoms with Crippen LogP contribution < -0.4 is 0 Å². The van der Waals surface area contributed by atoms with Crippen LogP contribution in [-0.2, 0) is 0 Å². The summed E-state index contributed by atoms with van der Waals surface area (Å²) >= 11 is 0. The SMILES string of the molecule is CC1CCCN(CC2CC(C(C)C)CCC2O)CC1. The van der Waals surface area contributed by atoms with Crippen molar-refractivity contribution >= 4 is 0 Å². The van der Waals surface area contributed by atoms with E-state index in [1.54, 1.807) is 0 Å². The molecule has 0 aromatic rings. The minimum absolute atomic E-state index is 0.0457. The van der Waals surface area contributed by atoms with Gasteiger partial charge in [0.2, 0.25) is 0 Å². The van der Waals surface area contributed by atoms with Gasteiger partial charge < -0.3 is 10.0 Å². The van der Waals surface area contributed by atoms with Gasteiger partial charge in [0.15, 0.2) is 0 Å². The maximum atomic E-state index is 10.3. The van der Waals surface area contributed by atoms with E-state index >= 15 is 0 Å². The lowest BCUT2D eigenvalue weighted by molar-refractivity contribution is 0.0189. The molecule has 2 rings (SSSR count). The Balaban J connectivity index is 1.85. The van der Waals surface area contributed by atoms with Gasteiger partial charge in [0, 0.05) is 6.54 Å². The van der Waals surface area contributed by atoms with E-state index in [4.69, 9.17) is 0 Å². The number of rotatable bonds is 3. The highest BCUT2D eigenvalue weighted by Crippen LogP contribution is 2.34. The van der Waals surface area contributed by atoms with Crippen LogP contribution in [0, 0.1) is 23.7 Å². The zero-order valence-corrected chi connectivity index (χ0v) is 13.1. The molecule has 1 N–H and O–H groups in total. The summed E-state index contributed by atoms with van der Waals surface area (Å²) in [5.74, 6) is 3.03. The predicted octanol–water partition coefficient (Wildman–Crippen LogP) is 3.54. The molecule has 1 aliphatic heterocycles. The third-order valence-electron chi connectivity index (χ3n) is 5.53. The van der Waals surface area contributed by atoms with E-state index in [9.17, 15) is 5.11 Å². The number of hydrogen-bond donors (Lipinski definition) is 1. The standard InChI is InChI=1S/C17H33NO/c1-13(2)15-6-7-17(19)16(11-15)12-18-9-4-5-14(3)8-10-18/h13-17,19H,4-12H2,1-3H3. The number of hydrogen-bond acceptors (Lipinski definition) is 2. The Morgan fingerprint density at radius 1 is 1.11 bits per heavy atom. The Kier molecular flexibility index (Phi) is 5.70. The van der Waals surface area contributed by atoms with Crippen molar-refractivity contribution < 1.29 is 5.11 Å². The van der Waals surface area contributed by atoms with Gasteiger partial charge in [0.25, 0.3) is 0 Å². The topological polar surface area (TPSA) is 23.5 Å². The molecule has 0 aromatic carbocycles. The average Bonchev–Trinajstić information content (AvgIpc) is 2.57. The van der Waals surface area contributed by atoms with Gasteiger partial charge in [0.1, 0.15) is 0 Å². The van der Waals surface area contributed by atoms with Crippen molar-refractivity contribution in [3.63, 3.8) is 0 Å². The van der Waals surface area contributed by atoms with Crippen LogP contribution in [0.15, 0.2) is 0 Å². The van der Waals surface area contributed by atoms with Gasteiger partial charge in [-0.3, -0.25) is 0 Å². The van der Waals surface area contributed by atoms with Gasteiger partial charge in [-0.2, -0.15) is 0 Å². The fraction of sp³-hybridized carbons (Fsp3) is 1.00. The second kappa shape index (κ2) is 7.08. The summed E-state index contributed by atoms with van der Waals surface area (Å²) in [6, 6.07) is 0. The molecule has 1 saturated heterocycles. The Labute approximate surface area is 119 Å². The second-order valence-electron chi connectivity index (χ2n) is 7.48. The number of nitrogens with zero attached hydrogens (tertiary/aromatic N) is 1. The minimum Gasteiger partial charge on any atom is -0.393 e. The maximum absolute atomic E-state index is 10.3. The molecule has 0 aromatic heterocycles. The van der Waals surface area contributed by atoms with E-state index in [0.29, 0.717) is 5.92 Å². The van der Waals surface area contributed by atoms with Crippen molar-refractivity contribution in [3.05, 3.63) is 0 Å². The molecular formula is C17H33NO. The van der Waals surface area contributed by atoms with E-state index < -0.39 is 0 Å². The van der Waals surface area contributed by atoms with E-state index in [1.807, 2.05) is 0 Å². The molecule has 4 unspecified atom stereocenters. The normalized spacial score (nSPS) is 38.4. The third kappa shape index (κ3) is 4.46. The molecule has 0 bridgehead atoms. The highest BCUT2D eigenvalue weighted by atomic mass is 16.3. The summed E-state index contributed by atoms with van der Waals surface area (Å²) in [4.78, 5) is 2.63. The fourth-order valence-electron chi connectivity index (χ4n) is 3.92. The predicted molar refractivity (Wildman–Crippen MR) is 81.1 cm³/mol. The second-order valence-corrected chi connectivity index (χ2v) is 7.48. The van der Waals surface area contributed by atoms with Crippen LogP contribution in [0.1, 0.15) is 59.3 Å². The summed E-state index contributed by atoms with van der Waals surface area (Å²) in [5, 5.41) is 10.3. The highest BCUT2D eigenvalue weighted by molar-refractivity contribution is 4.84. The lowest BCUT2D eigenvalue weighted by Gasteiger charge is -2.38. The molecule has 0 radical (unpaired) electrons. The third-order valence-corrected chi connectivity index (χ3v) is 5.53. The maximum Gasteiger partial charge on any atom is 0.0580 e. The summed E-state index contributed by atoms with van der Waals surface area (Å²) < 4.78 is 0. The number of likely N-dealkylation sites (tertiary alicyclic amines) is 1. The molecule has 19 heavy (non-hydrogen) atoms. The van der Waals surface area contributed by atoms with Gasteiger partial charge >= 0.3 is 0 Å². The molecule has 112 valence electrons. The van der Waals surface area contributed by atoms with Gasteiger partial charge in [-0.1, -0.05) is 20.8 Å². The zero-order valence-electron chi connectivity index (χ0n) is 13.1. The molecular weight excluding hydrogens is 234 g/mol. The molecule has 2 heteroatoms. The van der Waals surface area contributed by atoms with Crippen LogP contribution in [0.4, 0.5) is 0 Å². The molecule has 2 nitrogen and oxygen atoms in total. The van der Waals surface area contributed by atoms with Crippen LogP contribution in [0.5, 0.6) is 0 Å². The first-order chi connectivity index (χ1) is 9.06. The number of aliphatic hydroxyl groups excluding tert-OH is 1. The summed E-state index contributed by atoms with van der Waals surface area (Å²) in [5.41, 5.74) is 0.